The summed E-state index contributed by atoms with van der Waals surface area (Å²) in [4.78, 5) is 12.6. The maximum atomic E-state index is 10.5. The van der Waals surface area contributed by atoms with Crippen LogP contribution in [-0.4, -0.2) is 75.1 Å². The van der Waals surface area contributed by atoms with Crippen molar-refractivity contribution >= 4 is 24.4 Å². The predicted octanol–water partition coefficient (Wildman–Crippen LogP) is 2.73. The molecule has 5 N–H and O–H groups in total. The number of likely N-dealkylation sites (N-methyl/N-ethyl adjacent to an activating group) is 1. The van der Waals surface area contributed by atoms with E-state index in [1.165, 1.54) is 5.39 Å². The number of carbonyl (C=O) groups excluding carboxylic acids is 1. The molecule has 1 aliphatic carbocycles. The zero-order valence-corrected chi connectivity index (χ0v) is 20.9. The smallest absolute Gasteiger partial charge is 0.402 e. The van der Waals surface area contributed by atoms with Gasteiger partial charge in [0.05, 0.1) is 17.2 Å². The van der Waals surface area contributed by atoms with Gasteiger partial charge in [-0.2, -0.15) is 0 Å². The SMILES string of the molecule is C=C1C=CC=CC1N(C)C.CC(C)(O)C(C)(C)O.O=Cc1ccc2ccccc2c1.OB(O)O. The minimum absolute atomic E-state index is 0.394. The summed E-state index contributed by atoms with van der Waals surface area (Å²) in [7, 11) is 1.94. The van der Waals surface area contributed by atoms with Gasteiger partial charge < -0.3 is 25.3 Å². The van der Waals surface area contributed by atoms with E-state index in [4.69, 9.17) is 25.3 Å². The molecule has 0 aliphatic heterocycles. The van der Waals surface area contributed by atoms with Gasteiger partial charge in [0.25, 0.3) is 0 Å². The van der Waals surface area contributed by atoms with Gasteiger partial charge in [0.2, 0.25) is 0 Å². The van der Waals surface area contributed by atoms with Gasteiger partial charge in [0.1, 0.15) is 6.29 Å². The molecule has 0 radical (unpaired) electrons. The van der Waals surface area contributed by atoms with Crippen molar-refractivity contribution < 1.29 is 30.1 Å². The van der Waals surface area contributed by atoms with Crippen LogP contribution in [0.15, 0.2) is 78.9 Å². The van der Waals surface area contributed by atoms with Crippen LogP contribution in [0.5, 0.6) is 0 Å². The summed E-state index contributed by atoms with van der Waals surface area (Å²) in [5.74, 6) is 0. The number of rotatable bonds is 3. The second-order valence-electron chi connectivity index (χ2n) is 8.92. The summed E-state index contributed by atoms with van der Waals surface area (Å²) < 4.78 is 0. The lowest BCUT2D eigenvalue weighted by Gasteiger charge is -2.31. The molecule has 8 heteroatoms. The van der Waals surface area contributed by atoms with E-state index in [9.17, 15) is 4.79 Å². The van der Waals surface area contributed by atoms with Gasteiger partial charge in [-0.3, -0.25) is 9.69 Å². The first-order valence-corrected chi connectivity index (χ1v) is 10.7. The standard InChI is InChI=1S/C11H8O.C9H13N.C6H14O2.BH3O3/c12-8-9-5-6-10-3-1-2-4-11(10)7-9;1-8-6-4-5-7-9(8)10(2)3;1-5(2,7)6(3,4)8;2-1(3)4/h1-8H;4-7,9H,1H2,2-3H3;7-8H,1-4H3;2-4H. The molecule has 0 amide bonds. The summed E-state index contributed by atoms with van der Waals surface area (Å²) in [6.07, 6.45) is 9.13. The number of aldehydes is 1. The third-order valence-electron chi connectivity index (χ3n) is 5.06. The van der Waals surface area contributed by atoms with Crippen molar-refractivity contribution in [1.29, 1.82) is 0 Å². The first kappa shape index (κ1) is 31.4. The number of allylic oxidation sites excluding steroid dienone is 2. The lowest BCUT2D eigenvalue weighted by molar-refractivity contribution is -0.107. The molecular weight excluding hydrogens is 433 g/mol. The molecule has 1 unspecified atom stereocenters. The van der Waals surface area contributed by atoms with Crippen molar-refractivity contribution in [3.63, 3.8) is 0 Å². The fraction of sp³-hybridized carbons (Fsp3) is 0.346. The molecule has 7 nitrogen and oxygen atoms in total. The molecule has 0 spiro atoms. The highest BCUT2D eigenvalue weighted by atomic mass is 16.5. The zero-order valence-electron chi connectivity index (χ0n) is 20.9. The predicted molar refractivity (Wildman–Crippen MR) is 139 cm³/mol. The molecule has 1 atom stereocenters. The quantitative estimate of drug-likeness (QED) is 0.345. The molecule has 34 heavy (non-hydrogen) atoms. The number of fused-ring (bicyclic) bond motifs is 1. The van der Waals surface area contributed by atoms with E-state index in [0.717, 1.165) is 22.8 Å². The Morgan fingerprint density at radius 3 is 1.79 bits per heavy atom. The highest BCUT2D eigenvalue weighted by Gasteiger charge is 2.31. The number of carbonyl (C=O) groups is 1. The Labute approximate surface area is 203 Å². The second-order valence-corrected chi connectivity index (χ2v) is 8.92. The van der Waals surface area contributed by atoms with Gasteiger partial charge in [-0.1, -0.05) is 67.3 Å². The number of nitrogens with zero attached hydrogens (tertiary/aromatic N) is 1. The van der Waals surface area contributed by atoms with Crippen LogP contribution in [0, 0.1) is 0 Å². The number of hydrogen-bond donors (Lipinski definition) is 5. The molecule has 2 aromatic rings. The van der Waals surface area contributed by atoms with Gasteiger partial charge in [-0.05, 0) is 64.2 Å². The Bertz CT molecular complexity index is 941. The summed E-state index contributed by atoms with van der Waals surface area (Å²) in [6, 6.07) is 14.1. The normalized spacial score (nSPS) is 14.8. The molecule has 2 aromatic carbocycles. The minimum atomic E-state index is -2.17. The molecule has 0 bridgehead atoms. The van der Waals surface area contributed by atoms with Gasteiger partial charge in [-0.15, -0.1) is 0 Å². The largest absolute Gasteiger partial charge is 0.631 e. The second kappa shape index (κ2) is 14.6. The third-order valence-corrected chi connectivity index (χ3v) is 5.06. The number of hydrogen-bond acceptors (Lipinski definition) is 7. The molecule has 186 valence electrons. The van der Waals surface area contributed by atoms with Crippen LogP contribution < -0.4 is 0 Å². The Morgan fingerprint density at radius 1 is 0.912 bits per heavy atom. The average molecular weight is 471 g/mol. The molecule has 1 aliphatic rings. The van der Waals surface area contributed by atoms with Crippen molar-refractivity contribution in [2.45, 2.75) is 44.9 Å². The average Bonchev–Trinajstić information content (AvgIpc) is 2.72. The van der Waals surface area contributed by atoms with Gasteiger partial charge in [0.15, 0.2) is 0 Å². The summed E-state index contributed by atoms with van der Waals surface area (Å²) in [5, 5.41) is 42.0. The zero-order chi connectivity index (χ0) is 26.5. The fourth-order valence-electron chi connectivity index (χ4n) is 2.36. The van der Waals surface area contributed by atoms with Crippen molar-refractivity contribution in [2.75, 3.05) is 14.1 Å². The topological polar surface area (TPSA) is 121 Å². The summed E-state index contributed by atoms with van der Waals surface area (Å²) >= 11 is 0. The fourth-order valence-corrected chi connectivity index (χ4v) is 2.36. The van der Waals surface area contributed by atoms with E-state index in [0.29, 0.717) is 6.04 Å². The van der Waals surface area contributed by atoms with E-state index >= 15 is 0 Å². The lowest BCUT2D eigenvalue weighted by atomic mass is 9.90. The van der Waals surface area contributed by atoms with Gasteiger partial charge in [-0.25, -0.2) is 0 Å². The Balaban J connectivity index is 0.000000454. The number of benzene rings is 2. The summed E-state index contributed by atoms with van der Waals surface area (Å²) in [5.41, 5.74) is -0.124. The molecule has 3 rings (SSSR count). The third kappa shape index (κ3) is 12.6. The van der Waals surface area contributed by atoms with Gasteiger partial charge in [0, 0.05) is 5.56 Å². The first-order chi connectivity index (χ1) is 15.6. The van der Waals surface area contributed by atoms with Crippen LogP contribution in [0.3, 0.4) is 0 Å². The first-order valence-electron chi connectivity index (χ1n) is 10.7. The van der Waals surface area contributed by atoms with Crippen LogP contribution in [0.4, 0.5) is 0 Å². The Kier molecular flexibility index (Phi) is 13.5. The van der Waals surface area contributed by atoms with Crippen molar-refractivity contribution in [1.82, 2.24) is 4.90 Å². The van der Waals surface area contributed by atoms with Crippen LogP contribution >= 0.6 is 0 Å². The molecule has 0 aromatic heterocycles. The van der Waals surface area contributed by atoms with E-state index in [-0.39, 0.29) is 0 Å². The van der Waals surface area contributed by atoms with Crippen LogP contribution in [-0.2, 0) is 0 Å². The number of aliphatic hydroxyl groups is 2. The monoisotopic (exact) mass is 471 g/mol. The molecule has 0 fully saturated rings. The maximum Gasteiger partial charge on any atom is 0.631 e. The van der Waals surface area contributed by atoms with E-state index in [2.05, 4.69) is 37.7 Å². The van der Waals surface area contributed by atoms with Crippen molar-refractivity contribution in [2.24, 2.45) is 0 Å². The highest BCUT2D eigenvalue weighted by Crippen LogP contribution is 2.19. The van der Waals surface area contributed by atoms with Gasteiger partial charge >= 0.3 is 7.32 Å². The lowest BCUT2D eigenvalue weighted by Crippen LogP contribution is -2.44. The van der Waals surface area contributed by atoms with Crippen LogP contribution in [0.1, 0.15) is 38.1 Å². The molecule has 0 saturated heterocycles. The highest BCUT2D eigenvalue weighted by molar-refractivity contribution is 6.30. The van der Waals surface area contributed by atoms with Crippen molar-refractivity contribution in [3.8, 4) is 0 Å². The minimum Gasteiger partial charge on any atom is -0.402 e. The summed E-state index contributed by atoms with van der Waals surface area (Å²) in [6.45, 7) is 10.2. The van der Waals surface area contributed by atoms with Crippen LogP contribution in [0.25, 0.3) is 10.8 Å². The van der Waals surface area contributed by atoms with E-state index in [1.54, 1.807) is 27.7 Å². The molecule has 0 heterocycles. The van der Waals surface area contributed by atoms with Crippen LogP contribution in [0.2, 0.25) is 0 Å². The molecular formula is C26H38BNO6. The Hall–Kier alpha value is -2.59. The van der Waals surface area contributed by atoms with E-state index in [1.807, 2.05) is 54.6 Å². The maximum absolute atomic E-state index is 10.5. The van der Waals surface area contributed by atoms with E-state index < -0.39 is 18.5 Å². The molecule has 0 saturated carbocycles. The van der Waals surface area contributed by atoms with Crippen molar-refractivity contribution in [3.05, 3.63) is 84.5 Å². The Morgan fingerprint density at radius 2 is 1.41 bits per heavy atom.